The minimum absolute atomic E-state index is 0.0958. The number of hydrogen-bond donors (Lipinski definition) is 3. The molecule has 0 aliphatic carbocycles. The zero-order valence-corrected chi connectivity index (χ0v) is 14.3. The summed E-state index contributed by atoms with van der Waals surface area (Å²) in [4.78, 5) is 19.1. The number of aromatic amines is 1. The Labute approximate surface area is 151 Å². The fourth-order valence-electron chi connectivity index (χ4n) is 2.89. The molecule has 0 saturated carbocycles. The molecule has 0 spiro atoms. The maximum Gasteiger partial charge on any atom is 0.221 e. The van der Waals surface area contributed by atoms with Gasteiger partial charge < -0.3 is 15.6 Å². The standard InChI is InChI=1S/C21H18N4O/c1-14(26)23-17-8-5-9-18(11-17)24-21-12-20-16(13-22-21)10-19(25-20)15-6-3-2-4-7-15/h2-13,25H,1H3,(H,22,24)(H,23,26). The van der Waals surface area contributed by atoms with E-state index in [9.17, 15) is 4.79 Å². The van der Waals surface area contributed by atoms with Crippen LogP contribution in [0.15, 0.2) is 72.9 Å². The molecule has 2 heterocycles. The van der Waals surface area contributed by atoms with Crippen molar-refractivity contribution >= 4 is 34.0 Å². The van der Waals surface area contributed by atoms with Crippen LogP contribution in [0.25, 0.3) is 22.2 Å². The highest BCUT2D eigenvalue weighted by atomic mass is 16.1. The zero-order valence-electron chi connectivity index (χ0n) is 14.3. The third-order valence-electron chi connectivity index (χ3n) is 4.04. The van der Waals surface area contributed by atoms with Gasteiger partial charge in [0.2, 0.25) is 5.91 Å². The van der Waals surface area contributed by atoms with Crippen LogP contribution in [-0.4, -0.2) is 15.9 Å². The molecular weight excluding hydrogens is 324 g/mol. The van der Waals surface area contributed by atoms with Gasteiger partial charge in [0.05, 0.1) is 5.52 Å². The molecule has 4 aromatic rings. The molecule has 4 rings (SSSR count). The summed E-state index contributed by atoms with van der Waals surface area (Å²) in [6.45, 7) is 1.49. The fraction of sp³-hybridized carbons (Fsp3) is 0.0476. The summed E-state index contributed by atoms with van der Waals surface area (Å²) in [6.07, 6.45) is 1.85. The average Bonchev–Trinajstić information content (AvgIpc) is 3.06. The Hall–Kier alpha value is -3.60. The number of aromatic nitrogens is 2. The number of amides is 1. The van der Waals surface area contributed by atoms with Crippen LogP contribution in [0.3, 0.4) is 0 Å². The van der Waals surface area contributed by atoms with E-state index in [1.54, 1.807) is 0 Å². The monoisotopic (exact) mass is 342 g/mol. The van der Waals surface area contributed by atoms with Gasteiger partial charge in [-0.3, -0.25) is 4.79 Å². The minimum Gasteiger partial charge on any atom is -0.354 e. The van der Waals surface area contributed by atoms with Crippen LogP contribution in [0, 0.1) is 0 Å². The Morgan fingerprint density at radius 1 is 0.962 bits per heavy atom. The van der Waals surface area contributed by atoms with Crippen LogP contribution < -0.4 is 10.6 Å². The van der Waals surface area contributed by atoms with Gasteiger partial charge in [0.15, 0.2) is 0 Å². The van der Waals surface area contributed by atoms with Gasteiger partial charge in [0.1, 0.15) is 5.82 Å². The number of nitrogens with one attached hydrogen (secondary N) is 3. The van der Waals surface area contributed by atoms with Gasteiger partial charge in [-0.05, 0) is 29.8 Å². The highest BCUT2D eigenvalue weighted by Gasteiger charge is 2.06. The molecule has 0 aliphatic heterocycles. The van der Waals surface area contributed by atoms with E-state index < -0.39 is 0 Å². The van der Waals surface area contributed by atoms with E-state index in [-0.39, 0.29) is 5.91 Å². The third-order valence-corrected chi connectivity index (χ3v) is 4.04. The second-order valence-electron chi connectivity index (χ2n) is 6.09. The van der Waals surface area contributed by atoms with Crippen LogP contribution >= 0.6 is 0 Å². The molecule has 0 bridgehead atoms. The second kappa shape index (κ2) is 6.72. The Kier molecular flexibility index (Phi) is 4.11. The molecule has 26 heavy (non-hydrogen) atoms. The van der Waals surface area contributed by atoms with Crippen molar-refractivity contribution in [2.45, 2.75) is 6.92 Å². The van der Waals surface area contributed by atoms with Gasteiger partial charge >= 0.3 is 0 Å². The van der Waals surface area contributed by atoms with E-state index in [0.29, 0.717) is 0 Å². The summed E-state index contributed by atoms with van der Waals surface area (Å²) in [5, 5.41) is 7.11. The molecule has 2 aromatic carbocycles. The van der Waals surface area contributed by atoms with E-state index in [0.717, 1.165) is 39.4 Å². The van der Waals surface area contributed by atoms with E-state index in [1.807, 2.05) is 54.7 Å². The number of hydrogen-bond acceptors (Lipinski definition) is 3. The van der Waals surface area contributed by atoms with Crippen LogP contribution in [0.5, 0.6) is 0 Å². The first-order chi connectivity index (χ1) is 12.7. The fourth-order valence-corrected chi connectivity index (χ4v) is 2.89. The summed E-state index contributed by atoms with van der Waals surface area (Å²) in [5.74, 6) is 0.639. The van der Waals surface area contributed by atoms with Gasteiger partial charge in [-0.2, -0.15) is 0 Å². The van der Waals surface area contributed by atoms with Crippen molar-refractivity contribution in [3.63, 3.8) is 0 Å². The van der Waals surface area contributed by atoms with Crippen LogP contribution in [-0.2, 0) is 4.79 Å². The average molecular weight is 342 g/mol. The molecule has 5 heteroatoms. The Bertz CT molecular complexity index is 1070. The lowest BCUT2D eigenvalue weighted by atomic mass is 10.1. The molecule has 3 N–H and O–H groups in total. The molecule has 5 nitrogen and oxygen atoms in total. The molecule has 0 aliphatic rings. The molecule has 1 amide bonds. The molecular formula is C21H18N4O. The van der Waals surface area contributed by atoms with Gasteiger partial charge in [-0.1, -0.05) is 36.4 Å². The second-order valence-corrected chi connectivity index (χ2v) is 6.09. The number of carbonyl (C=O) groups excluding carboxylic acids is 1. The molecule has 0 saturated heterocycles. The molecule has 0 radical (unpaired) electrons. The zero-order chi connectivity index (χ0) is 17.9. The lowest BCUT2D eigenvalue weighted by Gasteiger charge is -2.08. The summed E-state index contributed by atoms with van der Waals surface area (Å²) in [7, 11) is 0. The Morgan fingerprint density at radius 3 is 2.58 bits per heavy atom. The molecule has 2 aromatic heterocycles. The van der Waals surface area contributed by atoms with Crippen molar-refractivity contribution in [2.75, 3.05) is 10.6 Å². The molecule has 128 valence electrons. The predicted octanol–water partition coefficient (Wildman–Crippen LogP) is 4.93. The SMILES string of the molecule is CC(=O)Nc1cccc(Nc2cc3[nH]c(-c4ccccc4)cc3cn2)c1. The lowest BCUT2D eigenvalue weighted by molar-refractivity contribution is -0.114. The van der Waals surface area contributed by atoms with Crippen LogP contribution in [0.1, 0.15) is 6.92 Å². The summed E-state index contributed by atoms with van der Waals surface area (Å²) >= 11 is 0. The number of anilines is 3. The van der Waals surface area contributed by atoms with Crippen molar-refractivity contribution in [3.05, 3.63) is 72.9 Å². The van der Waals surface area contributed by atoms with Crippen molar-refractivity contribution in [1.29, 1.82) is 0 Å². The number of carbonyl (C=O) groups is 1. The summed E-state index contributed by atoms with van der Waals surface area (Å²) in [5.41, 5.74) is 4.82. The van der Waals surface area contributed by atoms with Crippen molar-refractivity contribution in [1.82, 2.24) is 9.97 Å². The lowest BCUT2D eigenvalue weighted by Crippen LogP contribution is -2.05. The first kappa shape index (κ1) is 15.9. The highest BCUT2D eigenvalue weighted by Crippen LogP contribution is 2.26. The molecule has 0 atom stereocenters. The quantitative estimate of drug-likeness (QED) is 0.492. The first-order valence-electron chi connectivity index (χ1n) is 8.36. The van der Waals surface area contributed by atoms with E-state index in [1.165, 1.54) is 6.92 Å². The van der Waals surface area contributed by atoms with E-state index in [2.05, 4.69) is 38.8 Å². The number of H-pyrrole nitrogens is 1. The molecule has 0 fully saturated rings. The number of nitrogens with zero attached hydrogens (tertiary/aromatic N) is 1. The third kappa shape index (κ3) is 3.42. The van der Waals surface area contributed by atoms with Gasteiger partial charge in [-0.15, -0.1) is 0 Å². The van der Waals surface area contributed by atoms with Gasteiger partial charge in [0, 0.05) is 41.6 Å². The highest BCUT2D eigenvalue weighted by molar-refractivity contribution is 5.90. The minimum atomic E-state index is -0.0958. The van der Waals surface area contributed by atoms with Crippen molar-refractivity contribution < 1.29 is 4.79 Å². The Morgan fingerprint density at radius 2 is 1.77 bits per heavy atom. The number of rotatable bonds is 4. The normalized spacial score (nSPS) is 10.7. The van der Waals surface area contributed by atoms with Crippen molar-refractivity contribution in [2.24, 2.45) is 0 Å². The van der Waals surface area contributed by atoms with Gasteiger partial charge in [0.25, 0.3) is 0 Å². The number of benzene rings is 2. The van der Waals surface area contributed by atoms with E-state index >= 15 is 0 Å². The summed E-state index contributed by atoms with van der Waals surface area (Å²) < 4.78 is 0. The van der Waals surface area contributed by atoms with Gasteiger partial charge in [-0.25, -0.2) is 4.98 Å². The Balaban J connectivity index is 1.61. The topological polar surface area (TPSA) is 69.8 Å². The number of pyridine rings is 1. The van der Waals surface area contributed by atoms with Crippen molar-refractivity contribution in [3.8, 4) is 11.3 Å². The smallest absolute Gasteiger partial charge is 0.221 e. The van der Waals surface area contributed by atoms with Crippen LogP contribution in [0.4, 0.5) is 17.2 Å². The predicted molar refractivity (Wildman–Crippen MR) is 106 cm³/mol. The maximum absolute atomic E-state index is 11.2. The molecule has 0 unspecified atom stereocenters. The summed E-state index contributed by atoms with van der Waals surface area (Å²) in [6, 6.07) is 21.8. The maximum atomic E-state index is 11.2. The number of fused-ring (bicyclic) bond motifs is 1. The largest absolute Gasteiger partial charge is 0.354 e. The van der Waals surface area contributed by atoms with E-state index in [4.69, 9.17) is 0 Å². The van der Waals surface area contributed by atoms with Crippen LogP contribution in [0.2, 0.25) is 0 Å². The first-order valence-corrected chi connectivity index (χ1v) is 8.36.